The largest absolute Gasteiger partial charge is 0.497 e. The molecule has 0 radical (unpaired) electrons. The Kier molecular flexibility index (Phi) is 4.38. The van der Waals surface area contributed by atoms with Gasteiger partial charge in [0, 0.05) is 36.4 Å². The minimum atomic E-state index is 0.717. The fourth-order valence-electron chi connectivity index (χ4n) is 3.14. The SMILES string of the molecule is CNc1ccc(Nc2nccn3c(-c4ccc(OC)cc4)cnc23)cc1C. The van der Waals surface area contributed by atoms with E-state index in [4.69, 9.17) is 4.74 Å². The Morgan fingerprint density at radius 1 is 1.04 bits per heavy atom. The summed E-state index contributed by atoms with van der Waals surface area (Å²) in [7, 11) is 3.58. The zero-order valence-corrected chi connectivity index (χ0v) is 15.5. The zero-order chi connectivity index (χ0) is 18.8. The predicted octanol–water partition coefficient (Wildman–Crippen LogP) is 4.50. The number of hydrogen-bond donors (Lipinski definition) is 2. The van der Waals surface area contributed by atoms with Gasteiger partial charge in [0.2, 0.25) is 0 Å². The van der Waals surface area contributed by atoms with Crippen LogP contribution in [0.5, 0.6) is 5.75 Å². The first-order valence-electron chi connectivity index (χ1n) is 8.71. The number of aryl methyl sites for hydroxylation is 1. The number of anilines is 3. The number of ether oxygens (including phenoxy) is 1. The highest BCUT2D eigenvalue weighted by molar-refractivity contribution is 5.75. The molecular weight excluding hydrogens is 338 g/mol. The third-order valence-corrected chi connectivity index (χ3v) is 4.57. The van der Waals surface area contributed by atoms with Gasteiger partial charge in [-0.2, -0.15) is 0 Å². The summed E-state index contributed by atoms with van der Waals surface area (Å²) in [6.07, 6.45) is 5.56. The van der Waals surface area contributed by atoms with Gasteiger partial charge in [0.1, 0.15) is 5.75 Å². The molecule has 0 spiro atoms. The van der Waals surface area contributed by atoms with Crippen molar-refractivity contribution >= 4 is 22.8 Å². The standard InChI is InChI=1S/C21H21N5O/c1-14-12-16(6-9-18(14)22-2)25-20-21-24-13-19(26(21)11-10-23-20)15-4-7-17(27-3)8-5-15/h4-13,22H,1-3H3,(H,23,25). The number of benzene rings is 2. The summed E-state index contributed by atoms with van der Waals surface area (Å²) in [5.41, 5.74) is 6.08. The number of fused-ring (bicyclic) bond motifs is 1. The molecule has 0 saturated carbocycles. The van der Waals surface area contributed by atoms with Gasteiger partial charge in [-0.3, -0.25) is 4.40 Å². The highest BCUT2D eigenvalue weighted by Gasteiger charge is 2.11. The summed E-state index contributed by atoms with van der Waals surface area (Å²) >= 11 is 0. The van der Waals surface area contributed by atoms with Gasteiger partial charge in [-0.15, -0.1) is 0 Å². The predicted molar refractivity (Wildman–Crippen MR) is 109 cm³/mol. The zero-order valence-electron chi connectivity index (χ0n) is 15.5. The molecule has 0 fully saturated rings. The van der Waals surface area contributed by atoms with Crippen LogP contribution >= 0.6 is 0 Å². The molecule has 0 bridgehead atoms. The first kappa shape index (κ1) is 16.9. The number of hydrogen-bond acceptors (Lipinski definition) is 5. The van der Waals surface area contributed by atoms with E-state index >= 15 is 0 Å². The lowest BCUT2D eigenvalue weighted by Gasteiger charge is -2.11. The van der Waals surface area contributed by atoms with Crippen molar-refractivity contribution in [2.75, 3.05) is 24.8 Å². The Balaban J connectivity index is 1.71. The van der Waals surface area contributed by atoms with Crippen molar-refractivity contribution in [2.24, 2.45) is 0 Å². The van der Waals surface area contributed by atoms with E-state index in [0.29, 0.717) is 5.82 Å². The smallest absolute Gasteiger partial charge is 0.180 e. The molecular formula is C21H21N5O. The summed E-state index contributed by atoms with van der Waals surface area (Å²) < 4.78 is 7.27. The third kappa shape index (κ3) is 3.17. The minimum absolute atomic E-state index is 0.717. The molecule has 2 N–H and O–H groups in total. The molecule has 0 aliphatic carbocycles. The molecule has 0 saturated heterocycles. The van der Waals surface area contributed by atoms with E-state index in [1.54, 1.807) is 13.3 Å². The molecule has 0 atom stereocenters. The molecule has 0 aliphatic rings. The molecule has 27 heavy (non-hydrogen) atoms. The van der Waals surface area contributed by atoms with Crippen molar-refractivity contribution in [3.8, 4) is 17.0 Å². The number of methoxy groups -OCH3 is 1. The van der Waals surface area contributed by atoms with Crippen LogP contribution in [0.4, 0.5) is 17.2 Å². The molecule has 2 aromatic carbocycles. The lowest BCUT2D eigenvalue weighted by molar-refractivity contribution is 0.415. The van der Waals surface area contributed by atoms with Gasteiger partial charge in [0.25, 0.3) is 0 Å². The van der Waals surface area contributed by atoms with E-state index in [2.05, 4.69) is 33.6 Å². The van der Waals surface area contributed by atoms with Gasteiger partial charge >= 0.3 is 0 Å². The van der Waals surface area contributed by atoms with E-state index in [-0.39, 0.29) is 0 Å². The maximum Gasteiger partial charge on any atom is 0.180 e. The lowest BCUT2D eigenvalue weighted by Crippen LogP contribution is -1.99. The van der Waals surface area contributed by atoms with Gasteiger partial charge in [-0.1, -0.05) is 0 Å². The van der Waals surface area contributed by atoms with Crippen LogP contribution < -0.4 is 15.4 Å². The fourth-order valence-corrected chi connectivity index (χ4v) is 3.14. The first-order chi connectivity index (χ1) is 13.2. The van der Waals surface area contributed by atoms with E-state index in [1.807, 2.05) is 60.2 Å². The first-order valence-corrected chi connectivity index (χ1v) is 8.71. The summed E-state index contributed by atoms with van der Waals surface area (Å²) in [5, 5.41) is 6.56. The van der Waals surface area contributed by atoms with Crippen LogP contribution in [0, 0.1) is 6.92 Å². The molecule has 136 valence electrons. The maximum absolute atomic E-state index is 5.24. The maximum atomic E-state index is 5.24. The highest BCUT2D eigenvalue weighted by Crippen LogP contribution is 2.27. The number of imidazole rings is 1. The number of nitrogens with one attached hydrogen (secondary N) is 2. The quantitative estimate of drug-likeness (QED) is 0.549. The Labute approximate surface area is 157 Å². The highest BCUT2D eigenvalue weighted by atomic mass is 16.5. The molecule has 0 unspecified atom stereocenters. The molecule has 2 aromatic heterocycles. The van der Waals surface area contributed by atoms with Gasteiger partial charge in [0.05, 0.1) is 19.0 Å². The third-order valence-electron chi connectivity index (χ3n) is 4.57. The lowest BCUT2D eigenvalue weighted by atomic mass is 10.1. The number of rotatable bonds is 5. The van der Waals surface area contributed by atoms with Crippen LogP contribution in [0.15, 0.2) is 61.1 Å². The summed E-state index contributed by atoms with van der Waals surface area (Å²) in [6.45, 7) is 2.07. The molecule has 4 rings (SSSR count). The van der Waals surface area contributed by atoms with Gasteiger partial charge in [-0.25, -0.2) is 9.97 Å². The molecule has 2 heterocycles. The second kappa shape index (κ2) is 6.99. The molecule has 0 aliphatic heterocycles. The van der Waals surface area contributed by atoms with Gasteiger partial charge in [-0.05, 0) is 55.0 Å². The van der Waals surface area contributed by atoms with Gasteiger partial charge < -0.3 is 15.4 Å². The summed E-state index contributed by atoms with van der Waals surface area (Å²) in [4.78, 5) is 9.06. The molecule has 6 heteroatoms. The van der Waals surface area contributed by atoms with Crippen LogP contribution in [0.1, 0.15) is 5.56 Å². The second-order valence-electron chi connectivity index (χ2n) is 6.25. The van der Waals surface area contributed by atoms with Crippen molar-refractivity contribution in [1.29, 1.82) is 0 Å². The monoisotopic (exact) mass is 359 g/mol. The average Bonchev–Trinajstić information content (AvgIpc) is 3.13. The van der Waals surface area contributed by atoms with E-state index in [1.165, 1.54) is 0 Å². The van der Waals surface area contributed by atoms with Crippen molar-refractivity contribution in [3.63, 3.8) is 0 Å². The minimum Gasteiger partial charge on any atom is -0.497 e. The topological polar surface area (TPSA) is 63.5 Å². The van der Waals surface area contributed by atoms with Gasteiger partial charge in [0.15, 0.2) is 11.5 Å². The van der Waals surface area contributed by atoms with E-state index in [0.717, 1.165) is 39.6 Å². The number of aromatic nitrogens is 3. The van der Waals surface area contributed by atoms with Crippen molar-refractivity contribution in [3.05, 3.63) is 66.6 Å². The Morgan fingerprint density at radius 3 is 2.56 bits per heavy atom. The van der Waals surface area contributed by atoms with Crippen molar-refractivity contribution < 1.29 is 4.74 Å². The normalized spacial score (nSPS) is 10.8. The van der Waals surface area contributed by atoms with Crippen LogP contribution in [0.3, 0.4) is 0 Å². The Bertz CT molecular complexity index is 1090. The fraction of sp³-hybridized carbons (Fsp3) is 0.143. The molecule has 0 amide bonds. The Morgan fingerprint density at radius 2 is 1.85 bits per heavy atom. The number of nitrogens with zero attached hydrogens (tertiary/aromatic N) is 3. The Hall–Kier alpha value is -3.54. The van der Waals surface area contributed by atoms with E-state index in [9.17, 15) is 0 Å². The summed E-state index contributed by atoms with van der Waals surface area (Å²) in [5.74, 6) is 1.55. The average molecular weight is 359 g/mol. The van der Waals surface area contributed by atoms with Crippen molar-refractivity contribution in [1.82, 2.24) is 14.4 Å². The molecule has 4 aromatic rings. The van der Waals surface area contributed by atoms with E-state index < -0.39 is 0 Å². The van der Waals surface area contributed by atoms with Crippen molar-refractivity contribution in [2.45, 2.75) is 6.92 Å². The van der Waals surface area contributed by atoms with Crippen LogP contribution in [0.25, 0.3) is 16.9 Å². The van der Waals surface area contributed by atoms with Crippen LogP contribution in [0.2, 0.25) is 0 Å². The molecule has 6 nitrogen and oxygen atoms in total. The summed E-state index contributed by atoms with van der Waals surface area (Å²) in [6, 6.07) is 14.1. The van der Waals surface area contributed by atoms with Crippen LogP contribution in [-0.4, -0.2) is 28.5 Å². The second-order valence-corrected chi connectivity index (χ2v) is 6.25. The van der Waals surface area contributed by atoms with Crippen LogP contribution in [-0.2, 0) is 0 Å².